The Hall–Kier alpha value is -2.77. The first kappa shape index (κ1) is 20.0. The molecule has 0 fully saturated rings. The monoisotopic (exact) mass is 414 g/mol. The zero-order valence-corrected chi connectivity index (χ0v) is 16.6. The molecule has 1 aromatic heterocycles. The highest BCUT2D eigenvalue weighted by molar-refractivity contribution is 7.99. The van der Waals surface area contributed by atoms with Gasteiger partial charge in [0.2, 0.25) is 5.91 Å². The number of aromatic nitrogens is 3. The number of carbonyl (C=O) groups is 1. The summed E-state index contributed by atoms with van der Waals surface area (Å²) >= 11 is 7.29. The van der Waals surface area contributed by atoms with Gasteiger partial charge in [-0.05, 0) is 30.3 Å². The molecule has 2 aromatic carbocycles. The maximum absolute atomic E-state index is 12.2. The van der Waals surface area contributed by atoms with Crippen LogP contribution in [0.2, 0.25) is 5.02 Å². The van der Waals surface area contributed by atoms with E-state index in [0.29, 0.717) is 28.3 Å². The molecule has 0 unspecified atom stereocenters. The lowest BCUT2D eigenvalue weighted by molar-refractivity contribution is -0.113. The Labute approximate surface area is 172 Å². The zero-order chi connectivity index (χ0) is 19.8. The van der Waals surface area contributed by atoms with Crippen molar-refractivity contribution in [2.24, 2.45) is 0 Å². The maximum atomic E-state index is 12.2. The van der Waals surface area contributed by atoms with Gasteiger partial charge in [0.25, 0.3) is 0 Å². The largest absolute Gasteiger partial charge is 0.486 e. The second-order valence-corrected chi connectivity index (χ2v) is 7.13. The van der Waals surface area contributed by atoms with Crippen LogP contribution in [0.3, 0.4) is 0 Å². The molecule has 0 atom stereocenters. The van der Waals surface area contributed by atoms with Gasteiger partial charge < -0.3 is 10.1 Å². The van der Waals surface area contributed by atoms with Crippen molar-refractivity contribution in [3.63, 3.8) is 0 Å². The van der Waals surface area contributed by atoms with Crippen molar-refractivity contribution in [2.45, 2.75) is 18.3 Å². The Morgan fingerprint density at radius 1 is 1.21 bits per heavy atom. The number of hydrogen-bond acceptors (Lipinski definition) is 5. The van der Waals surface area contributed by atoms with Crippen molar-refractivity contribution in [1.82, 2.24) is 14.8 Å². The molecule has 0 saturated carbocycles. The number of thioether (sulfide) groups is 1. The van der Waals surface area contributed by atoms with Crippen LogP contribution in [0.5, 0.6) is 5.75 Å². The number of nitrogens with one attached hydrogen (secondary N) is 1. The van der Waals surface area contributed by atoms with E-state index >= 15 is 0 Å². The number of para-hydroxylation sites is 1. The number of allylic oxidation sites excluding steroid dienone is 1. The van der Waals surface area contributed by atoms with Crippen molar-refractivity contribution in [2.75, 3.05) is 11.1 Å². The fourth-order valence-electron chi connectivity index (χ4n) is 2.40. The Bertz CT molecular complexity index is 946. The van der Waals surface area contributed by atoms with Crippen molar-refractivity contribution in [3.05, 3.63) is 78.1 Å². The third kappa shape index (κ3) is 5.61. The highest BCUT2D eigenvalue weighted by atomic mass is 35.5. The van der Waals surface area contributed by atoms with E-state index < -0.39 is 0 Å². The predicted octanol–water partition coefficient (Wildman–Crippen LogP) is 4.43. The number of benzene rings is 2. The molecule has 6 nitrogen and oxygen atoms in total. The van der Waals surface area contributed by atoms with Gasteiger partial charge in [0.05, 0.1) is 5.75 Å². The van der Waals surface area contributed by atoms with E-state index in [1.165, 1.54) is 11.8 Å². The summed E-state index contributed by atoms with van der Waals surface area (Å²) in [7, 11) is 0. The Morgan fingerprint density at radius 2 is 2.04 bits per heavy atom. The Morgan fingerprint density at radius 3 is 2.79 bits per heavy atom. The van der Waals surface area contributed by atoms with E-state index in [2.05, 4.69) is 22.1 Å². The number of ether oxygens (including phenoxy) is 1. The van der Waals surface area contributed by atoms with E-state index in [-0.39, 0.29) is 18.3 Å². The molecule has 144 valence electrons. The van der Waals surface area contributed by atoms with Crippen LogP contribution in [-0.4, -0.2) is 26.4 Å². The normalized spacial score (nSPS) is 10.5. The third-order valence-corrected chi connectivity index (χ3v) is 4.86. The van der Waals surface area contributed by atoms with Crippen LogP contribution in [0, 0.1) is 0 Å². The summed E-state index contributed by atoms with van der Waals surface area (Å²) < 4.78 is 7.62. The molecule has 1 amide bonds. The van der Waals surface area contributed by atoms with Crippen molar-refractivity contribution >= 4 is 35.0 Å². The SMILES string of the molecule is C=CCn1c(COc2cccc(Cl)c2)nnc1SCC(=O)Nc1ccccc1. The van der Waals surface area contributed by atoms with Crippen LogP contribution in [0.25, 0.3) is 0 Å². The van der Waals surface area contributed by atoms with Crippen LogP contribution in [0.1, 0.15) is 5.82 Å². The summed E-state index contributed by atoms with van der Waals surface area (Å²) in [6.07, 6.45) is 1.75. The number of halogens is 1. The van der Waals surface area contributed by atoms with Gasteiger partial charge in [-0.25, -0.2) is 0 Å². The smallest absolute Gasteiger partial charge is 0.234 e. The highest BCUT2D eigenvalue weighted by Gasteiger charge is 2.14. The molecule has 3 rings (SSSR count). The van der Waals surface area contributed by atoms with Gasteiger partial charge in [0.1, 0.15) is 12.4 Å². The molecule has 0 aliphatic heterocycles. The zero-order valence-electron chi connectivity index (χ0n) is 15.0. The Kier molecular flexibility index (Phi) is 7.11. The topological polar surface area (TPSA) is 69.0 Å². The fourth-order valence-corrected chi connectivity index (χ4v) is 3.35. The van der Waals surface area contributed by atoms with Crippen LogP contribution in [0.15, 0.2) is 72.4 Å². The van der Waals surface area contributed by atoms with Crippen molar-refractivity contribution in [1.29, 1.82) is 0 Å². The second kappa shape index (κ2) is 9.96. The van der Waals surface area contributed by atoms with E-state index in [0.717, 1.165) is 5.69 Å². The standard InChI is InChI=1S/C20H19ClN4O2S/c1-2-11-25-18(13-27-17-10-6-7-15(21)12-17)23-24-20(25)28-14-19(26)22-16-8-4-3-5-9-16/h2-10,12H,1,11,13-14H2,(H,22,26). The first-order valence-corrected chi connectivity index (χ1v) is 9.91. The van der Waals surface area contributed by atoms with Gasteiger partial charge >= 0.3 is 0 Å². The minimum absolute atomic E-state index is 0.110. The average molecular weight is 415 g/mol. The van der Waals surface area contributed by atoms with E-state index in [9.17, 15) is 4.79 Å². The number of nitrogens with zero attached hydrogens (tertiary/aromatic N) is 3. The van der Waals surface area contributed by atoms with Crippen LogP contribution in [-0.2, 0) is 17.9 Å². The second-order valence-electron chi connectivity index (χ2n) is 5.75. The molecule has 0 aliphatic carbocycles. The van der Waals surface area contributed by atoms with Crippen molar-refractivity contribution < 1.29 is 9.53 Å². The lowest BCUT2D eigenvalue weighted by Gasteiger charge is -2.09. The number of hydrogen-bond donors (Lipinski definition) is 1. The molecule has 3 aromatic rings. The molecule has 1 heterocycles. The predicted molar refractivity (Wildman–Crippen MR) is 112 cm³/mol. The summed E-state index contributed by atoms with van der Waals surface area (Å²) in [4.78, 5) is 12.2. The van der Waals surface area contributed by atoms with Gasteiger partial charge in [0.15, 0.2) is 11.0 Å². The van der Waals surface area contributed by atoms with Gasteiger partial charge in [-0.15, -0.1) is 16.8 Å². The number of rotatable bonds is 9. The maximum Gasteiger partial charge on any atom is 0.234 e. The summed E-state index contributed by atoms with van der Waals surface area (Å²) in [5.41, 5.74) is 0.760. The van der Waals surface area contributed by atoms with Gasteiger partial charge in [-0.1, -0.05) is 53.7 Å². The minimum atomic E-state index is -0.110. The fraction of sp³-hybridized carbons (Fsp3) is 0.150. The van der Waals surface area contributed by atoms with E-state index in [4.69, 9.17) is 16.3 Å². The molecule has 8 heteroatoms. The minimum Gasteiger partial charge on any atom is -0.486 e. The number of amides is 1. The van der Waals surface area contributed by atoms with Gasteiger partial charge in [0, 0.05) is 17.3 Å². The summed E-state index contributed by atoms with van der Waals surface area (Å²) in [6, 6.07) is 16.5. The average Bonchev–Trinajstić information content (AvgIpc) is 3.08. The number of carbonyl (C=O) groups excluding carboxylic acids is 1. The van der Waals surface area contributed by atoms with Crippen molar-refractivity contribution in [3.8, 4) is 5.75 Å². The van der Waals surface area contributed by atoms with Crippen LogP contribution >= 0.6 is 23.4 Å². The van der Waals surface area contributed by atoms with Crippen LogP contribution < -0.4 is 10.1 Å². The quantitative estimate of drug-likeness (QED) is 0.414. The van der Waals surface area contributed by atoms with Gasteiger partial charge in [-0.2, -0.15) is 0 Å². The lowest BCUT2D eigenvalue weighted by Crippen LogP contribution is -2.14. The summed E-state index contributed by atoms with van der Waals surface area (Å²) in [6.45, 7) is 4.53. The molecule has 0 aliphatic rings. The molecular weight excluding hydrogens is 396 g/mol. The Balaban J connectivity index is 1.61. The summed E-state index contributed by atoms with van der Waals surface area (Å²) in [5, 5.41) is 12.5. The lowest BCUT2D eigenvalue weighted by atomic mass is 10.3. The molecule has 0 bridgehead atoms. The first-order valence-electron chi connectivity index (χ1n) is 8.55. The first-order chi connectivity index (χ1) is 13.7. The van der Waals surface area contributed by atoms with E-state index in [1.54, 1.807) is 18.2 Å². The molecule has 0 saturated heterocycles. The summed E-state index contributed by atoms with van der Waals surface area (Å²) in [5.74, 6) is 1.41. The van der Waals surface area contributed by atoms with E-state index in [1.807, 2.05) is 47.0 Å². The number of anilines is 1. The molecule has 1 N–H and O–H groups in total. The molecular formula is C20H19ClN4O2S. The molecule has 0 radical (unpaired) electrons. The highest BCUT2D eigenvalue weighted by Crippen LogP contribution is 2.21. The molecule has 0 spiro atoms. The molecule has 28 heavy (non-hydrogen) atoms. The van der Waals surface area contributed by atoms with Crippen LogP contribution in [0.4, 0.5) is 5.69 Å². The van der Waals surface area contributed by atoms with Gasteiger partial charge in [-0.3, -0.25) is 9.36 Å². The third-order valence-electron chi connectivity index (χ3n) is 3.66.